The van der Waals surface area contributed by atoms with Crippen LogP contribution in [0.5, 0.6) is 0 Å². The number of hydrogen-bond acceptors (Lipinski definition) is 2. The summed E-state index contributed by atoms with van der Waals surface area (Å²) >= 11 is 0. The zero-order chi connectivity index (χ0) is 16.1. The van der Waals surface area contributed by atoms with Crippen molar-refractivity contribution in [2.24, 2.45) is 0 Å². The Morgan fingerprint density at radius 3 is 1.95 bits per heavy atom. The van der Waals surface area contributed by atoms with E-state index in [1.807, 2.05) is 0 Å². The zero-order valence-electron chi connectivity index (χ0n) is 15.0. The fraction of sp³-hybridized carbons (Fsp3) is 0.944. The number of carbonyl (C=O) groups excluding carboxylic acids is 1. The fourth-order valence-corrected chi connectivity index (χ4v) is 4.26. The second kappa shape index (κ2) is 7.78. The quantitative estimate of drug-likeness (QED) is 0.556. The minimum Gasteiger partial charge on any atom is -0.456 e. The van der Waals surface area contributed by atoms with Crippen LogP contribution in [0.3, 0.4) is 0 Å². The Balaban J connectivity index is 1.69. The van der Waals surface area contributed by atoms with Crippen molar-refractivity contribution in [3.63, 3.8) is 0 Å². The Labute approximate surface area is 136 Å². The van der Waals surface area contributed by atoms with Crippen LogP contribution in [-0.2, 0) is 9.53 Å². The lowest BCUT2D eigenvalue weighted by Crippen LogP contribution is -2.52. The first-order valence-electron chi connectivity index (χ1n) is 9.27. The molecular weight excluding hydrogens is 276 g/mol. The van der Waals surface area contributed by atoms with Crippen LogP contribution in [0.4, 0.5) is 0 Å². The lowest BCUT2D eigenvalue weighted by atomic mass is 10.1. The summed E-state index contributed by atoms with van der Waals surface area (Å²) in [4.78, 5) is 12.1. The molecule has 0 N–H and O–H groups in total. The van der Waals surface area contributed by atoms with Crippen LogP contribution in [0, 0.1) is 0 Å². The van der Waals surface area contributed by atoms with E-state index in [4.69, 9.17) is 4.74 Å². The molecule has 2 aliphatic heterocycles. The molecule has 0 amide bonds. The number of nitrogens with zero attached hydrogens (tertiary/aromatic N) is 2. The molecule has 2 saturated heterocycles. The molecule has 0 bridgehead atoms. The van der Waals surface area contributed by atoms with Gasteiger partial charge in [-0.2, -0.15) is 0 Å². The van der Waals surface area contributed by atoms with Gasteiger partial charge in [0.25, 0.3) is 0 Å². The Morgan fingerprint density at radius 1 is 0.909 bits per heavy atom. The van der Waals surface area contributed by atoms with Crippen LogP contribution < -0.4 is 0 Å². The molecule has 2 fully saturated rings. The number of rotatable bonds is 6. The summed E-state index contributed by atoms with van der Waals surface area (Å²) in [5, 5.41) is 0. The second-order valence-corrected chi connectivity index (χ2v) is 8.21. The summed E-state index contributed by atoms with van der Waals surface area (Å²) in [6.45, 7) is 8.88. The van der Waals surface area contributed by atoms with Gasteiger partial charge in [-0.25, -0.2) is 0 Å². The lowest BCUT2D eigenvalue weighted by molar-refractivity contribution is -0.916. The van der Waals surface area contributed by atoms with Crippen molar-refractivity contribution in [3.05, 3.63) is 0 Å². The fourth-order valence-electron chi connectivity index (χ4n) is 4.26. The average molecular weight is 312 g/mol. The van der Waals surface area contributed by atoms with Crippen molar-refractivity contribution in [2.75, 3.05) is 53.4 Å². The molecule has 0 aromatic rings. The van der Waals surface area contributed by atoms with Gasteiger partial charge in [0, 0.05) is 0 Å². The number of quaternary nitrogens is 2. The van der Waals surface area contributed by atoms with Crippen LogP contribution in [0.25, 0.3) is 0 Å². The summed E-state index contributed by atoms with van der Waals surface area (Å²) in [5.41, 5.74) is 0. The van der Waals surface area contributed by atoms with Crippen LogP contribution in [0.2, 0.25) is 0 Å². The number of likely N-dealkylation sites (tertiary alicyclic amines) is 2. The van der Waals surface area contributed by atoms with Gasteiger partial charge in [-0.05, 0) is 45.4 Å². The topological polar surface area (TPSA) is 26.3 Å². The molecule has 4 nitrogen and oxygen atoms in total. The zero-order valence-corrected chi connectivity index (χ0v) is 15.0. The van der Waals surface area contributed by atoms with Crippen LogP contribution in [0.1, 0.15) is 51.9 Å². The van der Waals surface area contributed by atoms with Gasteiger partial charge in [0.05, 0.1) is 53.2 Å². The predicted molar refractivity (Wildman–Crippen MR) is 89.4 cm³/mol. The molecular formula is C18H36N2O2+2. The number of piperidine rings is 2. The van der Waals surface area contributed by atoms with E-state index in [2.05, 4.69) is 21.0 Å². The van der Waals surface area contributed by atoms with Gasteiger partial charge in [0.15, 0.2) is 0 Å². The van der Waals surface area contributed by atoms with Gasteiger partial charge < -0.3 is 13.7 Å². The number of hydrogen-bond donors (Lipinski definition) is 0. The third-order valence-corrected chi connectivity index (χ3v) is 5.68. The van der Waals surface area contributed by atoms with E-state index in [0.717, 1.165) is 22.1 Å². The maximum Gasteiger partial charge on any atom is 0.311 e. The van der Waals surface area contributed by atoms with Crippen LogP contribution in [0.15, 0.2) is 0 Å². The molecule has 0 radical (unpaired) electrons. The van der Waals surface area contributed by atoms with Gasteiger partial charge in [0.1, 0.15) is 12.6 Å². The Kier molecular flexibility index (Phi) is 6.27. The van der Waals surface area contributed by atoms with Crippen molar-refractivity contribution in [2.45, 2.75) is 58.0 Å². The minimum atomic E-state index is 0.000956. The van der Waals surface area contributed by atoms with Crippen molar-refractivity contribution in [1.29, 1.82) is 0 Å². The SMILES string of the molecule is CC(C[N+]1(C)CCCCC1)OC(=O)CC[N+]1(C)CCCCC1. The maximum atomic E-state index is 12.1. The first-order valence-corrected chi connectivity index (χ1v) is 9.27. The van der Waals surface area contributed by atoms with Gasteiger partial charge in [-0.1, -0.05) is 0 Å². The van der Waals surface area contributed by atoms with Crippen LogP contribution in [-0.4, -0.2) is 74.4 Å². The van der Waals surface area contributed by atoms with Gasteiger partial charge >= 0.3 is 5.97 Å². The van der Waals surface area contributed by atoms with E-state index in [1.54, 1.807) is 0 Å². The third-order valence-electron chi connectivity index (χ3n) is 5.68. The van der Waals surface area contributed by atoms with E-state index in [-0.39, 0.29) is 12.1 Å². The monoisotopic (exact) mass is 312 g/mol. The number of esters is 1. The maximum absolute atomic E-state index is 12.1. The molecule has 0 aromatic carbocycles. The summed E-state index contributed by atoms with van der Waals surface area (Å²) < 4.78 is 7.81. The summed E-state index contributed by atoms with van der Waals surface area (Å²) in [5.74, 6) is 0.000956. The standard InChI is InChI=1S/C18H36N2O2/c1-17(16-20(3)13-8-5-9-14-20)22-18(21)10-15-19(2)11-6-4-7-12-19/h17H,4-16H2,1-3H3/q+2. The number of likely N-dealkylation sites (N-methyl/N-ethyl adjacent to an activating group) is 1. The van der Waals surface area contributed by atoms with Crippen molar-refractivity contribution >= 4 is 5.97 Å². The van der Waals surface area contributed by atoms with E-state index in [1.165, 1.54) is 64.7 Å². The van der Waals surface area contributed by atoms with Crippen molar-refractivity contribution in [1.82, 2.24) is 0 Å². The average Bonchev–Trinajstić information content (AvgIpc) is 2.46. The molecule has 128 valence electrons. The summed E-state index contributed by atoms with van der Waals surface area (Å²) in [7, 11) is 4.60. The minimum absolute atomic E-state index is 0.000956. The lowest BCUT2D eigenvalue weighted by Gasteiger charge is -2.39. The molecule has 0 aliphatic carbocycles. The highest BCUT2D eigenvalue weighted by Crippen LogP contribution is 2.19. The van der Waals surface area contributed by atoms with Gasteiger partial charge in [-0.15, -0.1) is 0 Å². The highest BCUT2D eigenvalue weighted by molar-refractivity contribution is 5.69. The largest absolute Gasteiger partial charge is 0.456 e. The molecule has 2 aliphatic rings. The summed E-state index contributed by atoms with van der Waals surface area (Å²) in [6.07, 6.45) is 8.56. The molecule has 0 aromatic heterocycles. The molecule has 0 spiro atoms. The Bertz CT molecular complexity index is 358. The number of ether oxygens (including phenoxy) is 1. The van der Waals surface area contributed by atoms with E-state index in [0.29, 0.717) is 6.42 Å². The number of carbonyl (C=O) groups is 1. The molecule has 1 unspecified atom stereocenters. The molecule has 1 atom stereocenters. The Morgan fingerprint density at radius 2 is 1.41 bits per heavy atom. The van der Waals surface area contributed by atoms with E-state index in [9.17, 15) is 4.79 Å². The highest BCUT2D eigenvalue weighted by atomic mass is 16.5. The first kappa shape index (κ1) is 17.7. The predicted octanol–water partition coefficient (Wildman–Crippen LogP) is 2.57. The molecule has 4 heteroatoms. The highest BCUT2D eigenvalue weighted by Gasteiger charge is 2.29. The third kappa shape index (κ3) is 5.54. The molecule has 22 heavy (non-hydrogen) atoms. The molecule has 0 saturated carbocycles. The smallest absolute Gasteiger partial charge is 0.311 e. The first-order chi connectivity index (χ1) is 10.4. The van der Waals surface area contributed by atoms with Crippen molar-refractivity contribution < 1.29 is 18.5 Å². The molecule has 2 rings (SSSR count). The van der Waals surface area contributed by atoms with Crippen LogP contribution >= 0.6 is 0 Å². The van der Waals surface area contributed by atoms with Gasteiger partial charge in [0.2, 0.25) is 0 Å². The van der Waals surface area contributed by atoms with Gasteiger partial charge in [-0.3, -0.25) is 4.79 Å². The van der Waals surface area contributed by atoms with E-state index >= 15 is 0 Å². The summed E-state index contributed by atoms with van der Waals surface area (Å²) in [6, 6.07) is 0. The second-order valence-electron chi connectivity index (χ2n) is 8.21. The molecule has 2 heterocycles. The Hall–Kier alpha value is -0.610. The van der Waals surface area contributed by atoms with Crippen molar-refractivity contribution in [3.8, 4) is 0 Å². The van der Waals surface area contributed by atoms with E-state index < -0.39 is 0 Å². The normalized spacial score (nSPS) is 25.4.